The first kappa shape index (κ1) is 36.8. The molecular formula is C61H40N2S. The van der Waals surface area contributed by atoms with Crippen LogP contribution in [0, 0.1) is 0 Å². The van der Waals surface area contributed by atoms with Gasteiger partial charge in [-0.1, -0.05) is 169 Å². The van der Waals surface area contributed by atoms with E-state index in [1.165, 1.54) is 120 Å². The van der Waals surface area contributed by atoms with E-state index >= 15 is 0 Å². The van der Waals surface area contributed by atoms with Gasteiger partial charge in [-0.25, -0.2) is 0 Å². The van der Waals surface area contributed by atoms with E-state index in [0.29, 0.717) is 0 Å². The van der Waals surface area contributed by atoms with Crippen molar-refractivity contribution in [1.29, 1.82) is 0 Å². The predicted molar refractivity (Wildman–Crippen MR) is 270 cm³/mol. The third kappa shape index (κ3) is 6.12. The third-order valence-corrected chi connectivity index (χ3v) is 14.4. The number of nitrogens with zero attached hydrogens (tertiary/aromatic N) is 2. The van der Waals surface area contributed by atoms with Crippen molar-refractivity contribution in [2.24, 2.45) is 0 Å². The minimum atomic E-state index is 0.903. The Morgan fingerprint density at radius 1 is 0.266 bits per heavy atom. The highest BCUT2D eigenvalue weighted by Crippen LogP contribution is 2.45. The van der Waals surface area contributed by atoms with Gasteiger partial charge < -0.3 is 9.13 Å². The minimum Gasteiger partial charge on any atom is -0.309 e. The van der Waals surface area contributed by atoms with Crippen molar-refractivity contribution < 1.29 is 0 Å². The number of fused-ring (bicyclic) bond motifs is 8. The van der Waals surface area contributed by atoms with Gasteiger partial charge in [0.05, 0.1) is 22.1 Å². The van der Waals surface area contributed by atoms with Gasteiger partial charge in [-0.2, -0.15) is 0 Å². The van der Waals surface area contributed by atoms with E-state index in [9.17, 15) is 0 Å². The number of rotatable bonds is 6. The van der Waals surface area contributed by atoms with Crippen LogP contribution in [-0.4, -0.2) is 9.13 Å². The van der Waals surface area contributed by atoms with E-state index in [1.807, 2.05) is 11.8 Å². The van der Waals surface area contributed by atoms with Crippen molar-refractivity contribution in [1.82, 2.24) is 9.13 Å². The monoisotopic (exact) mass is 832 g/mol. The van der Waals surface area contributed by atoms with E-state index in [1.54, 1.807) is 0 Å². The molecule has 0 saturated carbocycles. The van der Waals surface area contributed by atoms with Crippen LogP contribution in [0.4, 0.5) is 0 Å². The highest BCUT2D eigenvalue weighted by Gasteiger charge is 2.22. The summed E-state index contributed by atoms with van der Waals surface area (Å²) in [6.07, 6.45) is 0.903. The van der Waals surface area contributed by atoms with E-state index in [-0.39, 0.29) is 0 Å². The van der Waals surface area contributed by atoms with Gasteiger partial charge in [-0.3, -0.25) is 0 Å². The Morgan fingerprint density at radius 3 is 0.859 bits per heavy atom. The number of aromatic nitrogens is 2. The van der Waals surface area contributed by atoms with Crippen LogP contribution in [0.15, 0.2) is 240 Å². The van der Waals surface area contributed by atoms with Crippen LogP contribution in [-0.2, 0) is 6.42 Å². The second kappa shape index (κ2) is 14.9. The summed E-state index contributed by atoms with van der Waals surface area (Å²) < 4.78 is 4.93. The number of hydrogen-bond donors (Lipinski definition) is 0. The van der Waals surface area contributed by atoms with Crippen molar-refractivity contribution in [2.75, 3.05) is 0 Å². The molecule has 0 radical (unpaired) electrons. The van der Waals surface area contributed by atoms with Gasteiger partial charge in [0.2, 0.25) is 0 Å². The first-order chi connectivity index (χ1) is 31.7. The van der Waals surface area contributed by atoms with Crippen LogP contribution in [0.2, 0.25) is 0 Å². The van der Waals surface area contributed by atoms with E-state index < -0.39 is 0 Å². The number of hydrogen-bond acceptors (Lipinski definition) is 1. The second-order valence-electron chi connectivity index (χ2n) is 16.9. The topological polar surface area (TPSA) is 9.86 Å². The van der Waals surface area contributed by atoms with Crippen molar-refractivity contribution in [3.8, 4) is 55.9 Å². The van der Waals surface area contributed by atoms with Gasteiger partial charge in [0.1, 0.15) is 0 Å². The van der Waals surface area contributed by atoms with Crippen molar-refractivity contribution in [3.05, 3.63) is 242 Å². The predicted octanol–water partition coefficient (Wildman–Crippen LogP) is 16.6. The molecule has 2 aromatic heterocycles. The van der Waals surface area contributed by atoms with Gasteiger partial charge in [0.15, 0.2) is 0 Å². The summed E-state index contributed by atoms with van der Waals surface area (Å²) in [5, 5.41) is 5.03. The average Bonchev–Trinajstić information content (AvgIpc) is 3.87. The lowest BCUT2D eigenvalue weighted by Crippen LogP contribution is -2.03. The SMILES string of the molecule is c1ccc(-c2ccc3c(c2)c2cc(-c4ccccc4)ccc2n3-c2ccc3c(c2)Sc2cc(-n4c5ccc(-c6ccccc6)cc5c5cc(-c6ccccc6)ccc54)ccc2C3)cc1. The zero-order valence-electron chi connectivity index (χ0n) is 34.9. The number of benzene rings is 10. The zero-order valence-corrected chi connectivity index (χ0v) is 35.8. The first-order valence-electron chi connectivity index (χ1n) is 22.0. The van der Waals surface area contributed by atoms with Crippen molar-refractivity contribution >= 4 is 55.4 Å². The van der Waals surface area contributed by atoms with Crippen LogP contribution in [0.1, 0.15) is 11.1 Å². The summed E-state index contributed by atoms with van der Waals surface area (Å²) >= 11 is 1.90. The lowest BCUT2D eigenvalue weighted by molar-refractivity contribution is 1.03. The highest BCUT2D eigenvalue weighted by atomic mass is 32.2. The summed E-state index contributed by atoms with van der Waals surface area (Å²) in [4.78, 5) is 2.61. The molecule has 0 aliphatic carbocycles. The molecule has 0 saturated heterocycles. The Kier molecular flexibility index (Phi) is 8.57. The van der Waals surface area contributed by atoms with Crippen LogP contribution >= 0.6 is 11.8 Å². The molecule has 13 rings (SSSR count). The largest absolute Gasteiger partial charge is 0.309 e. The van der Waals surface area contributed by atoms with Crippen LogP contribution in [0.5, 0.6) is 0 Å². The molecule has 2 nitrogen and oxygen atoms in total. The minimum absolute atomic E-state index is 0.903. The standard InChI is InChI=1S/C61H40N2S/c1-5-13-40(14-6-1)44-23-29-56-52(34-44)53-35-45(41-15-7-2-8-16-41)24-30-57(53)62(56)50-27-21-48-33-49-22-28-51(39-61(49)64-60(48)38-50)63-58-31-25-46(42-17-9-3-10-18-42)36-54(58)55-37-47(26-32-59(55)63)43-19-11-4-12-20-43/h1-32,34-39H,33H2. The Balaban J connectivity index is 0.926. The molecule has 0 unspecified atom stereocenters. The molecular weight excluding hydrogens is 793 g/mol. The Bertz CT molecular complexity index is 3310. The maximum absolute atomic E-state index is 2.46. The summed E-state index contributed by atoms with van der Waals surface area (Å²) in [6, 6.07) is 84.9. The molecule has 3 heteroatoms. The Morgan fingerprint density at radius 2 is 0.562 bits per heavy atom. The fourth-order valence-corrected chi connectivity index (χ4v) is 11.2. The van der Waals surface area contributed by atoms with Crippen LogP contribution in [0.25, 0.3) is 99.5 Å². The fraction of sp³-hybridized carbons (Fsp3) is 0.0164. The third-order valence-electron chi connectivity index (χ3n) is 13.2. The second-order valence-corrected chi connectivity index (χ2v) is 18.0. The van der Waals surface area contributed by atoms with Gasteiger partial charge in [-0.05, 0) is 135 Å². The molecule has 0 bridgehead atoms. The summed E-state index contributed by atoms with van der Waals surface area (Å²) in [5.74, 6) is 0. The van der Waals surface area contributed by atoms with Gasteiger partial charge in [-0.15, -0.1) is 0 Å². The molecule has 0 N–H and O–H groups in total. The normalized spacial score (nSPS) is 12.2. The molecule has 1 aliphatic heterocycles. The van der Waals surface area contributed by atoms with Crippen LogP contribution in [0.3, 0.4) is 0 Å². The van der Waals surface area contributed by atoms with E-state index in [4.69, 9.17) is 0 Å². The molecule has 0 spiro atoms. The summed E-state index contributed by atoms with van der Waals surface area (Å²) in [5.41, 5.74) is 19.7. The molecule has 0 atom stereocenters. The molecule has 1 aliphatic rings. The fourth-order valence-electron chi connectivity index (χ4n) is 10.0. The molecule has 10 aromatic carbocycles. The first-order valence-corrected chi connectivity index (χ1v) is 22.8. The van der Waals surface area contributed by atoms with Gasteiger partial charge >= 0.3 is 0 Å². The maximum atomic E-state index is 2.46. The quantitative estimate of drug-likeness (QED) is 0.162. The lowest BCUT2D eigenvalue weighted by atomic mass is 10.0. The van der Waals surface area contributed by atoms with Gasteiger partial charge in [0, 0.05) is 42.7 Å². The zero-order chi connectivity index (χ0) is 42.1. The van der Waals surface area contributed by atoms with Crippen molar-refractivity contribution in [2.45, 2.75) is 16.2 Å². The maximum Gasteiger partial charge on any atom is 0.0541 e. The molecule has 12 aromatic rings. The lowest BCUT2D eigenvalue weighted by Gasteiger charge is -2.22. The summed E-state index contributed by atoms with van der Waals surface area (Å²) in [6.45, 7) is 0. The van der Waals surface area contributed by atoms with Crippen molar-refractivity contribution in [3.63, 3.8) is 0 Å². The smallest absolute Gasteiger partial charge is 0.0541 e. The molecule has 64 heavy (non-hydrogen) atoms. The molecule has 0 fully saturated rings. The molecule has 3 heterocycles. The Hall–Kier alpha value is -7.85. The Labute approximate surface area is 376 Å². The molecule has 300 valence electrons. The average molecular weight is 833 g/mol. The molecule has 0 amide bonds. The van der Waals surface area contributed by atoms with Crippen LogP contribution < -0.4 is 0 Å². The summed E-state index contributed by atoms with van der Waals surface area (Å²) in [7, 11) is 0. The van der Waals surface area contributed by atoms with Gasteiger partial charge in [0.25, 0.3) is 0 Å². The van der Waals surface area contributed by atoms with E-state index in [2.05, 4.69) is 240 Å². The highest BCUT2D eigenvalue weighted by molar-refractivity contribution is 7.99. The van der Waals surface area contributed by atoms with E-state index in [0.717, 1.165) is 6.42 Å².